The number of non-ortho nitro benzene ring substituents is 1. The van der Waals surface area contributed by atoms with Crippen LogP contribution in [0.25, 0.3) is 5.69 Å². The van der Waals surface area contributed by atoms with Crippen LogP contribution in [0.5, 0.6) is 0 Å². The predicted molar refractivity (Wildman–Crippen MR) is 114 cm³/mol. The van der Waals surface area contributed by atoms with E-state index in [1.165, 1.54) is 12.1 Å². The molecule has 1 aliphatic heterocycles. The van der Waals surface area contributed by atoms with Crippen LogP contribution in [-0.4, -0.2) is 38.0 Å². The quantitative estimate of drug-likeness (QED) is 0.247. The second-order valence-electron chi connectivity index (χ2n) is 6.90. The molecular weight excluding hydrogens is 422 g/mol. The number of esters is 1. The van der Waals surface area contributed by atoms with E-state index in [-0.39, 0.29) is 18.1 Å². The maximum atomic E-state index is 12.6. The zero-order valence-corrected chi connectivity index (χ0v) is 17.4. The van der Waals surface area contributed by atoms with Crippen LogP contribution < -0.4 is 0 Å². The third-order valence-corrected chi connectivity index (χ3v) is 5.04. The van der Waals surface area contributed by atoms with Crippen LogP contribution in [0.1, 0.15) is 47.3 Å². The molecule has 0 saturated carbocycles. The smallest absolute Gasteiger partial charge is 0.376 e. The zero-order chi connectivity index (χ0) is 22.0. The summed E-state index contributed by atoms with van der Waals surface area (Å²) < 4.78 is 6.93. The van der Waals surface area contributed by atoms with E-state index in [1.54, 1.807) is 34.9 Å². The van der Waals surface area contributed by atoms with Gasteiger partial charge in [-0.2, -0.15) is 0 Å². The maximum Gasteiger partial charge on any atom is 0.376 e. The van der Waals surface area contributed by atoms with Crippen LogP contribution >= 0.6 is 11.6 Å². The first-order valence-electron chi connectivity index (χ1n) is 9.70. The number of ether oxygens (including phenoxy) is 1. The van der Waals surface area contributed by atoms with Gasteiger partial charge in [0.1, 0.15) is 6.54 Å². The number of hydrogen-bond acceptors (Lipinski definition) is 7. The van der Waals surface area contributed by atoms with Crippen molar-refractivity contribution in [3.63, 3.8) is 0 Å². The Morgan fingerprint density at radius 3 is 2.87 bits per heavy atom. The van der Waals surface area contributed by atoms with E-state index < -0.39 is 10.9 Å². The number of nitro groups is 1. The highest BCUT2D eigenvalue weighted by molar-refractivity contribution is 6.31. The van der Waals surface area contributed by atoms with Crippen LogP contribution in [0.2, 0.25) is 5.02 Å². The lowest BCUT2D eigenvalue weighted by atomic mass is 10.00. The Hall–Kier alpha value is -3.59. The fourth-order valence-electron chi connectivity index (χ4n) is 3.32. The SMILES string of the molecule is CCCCOC(=O)c1nnc2n1-c1ccc(Cl)cc1C(c1cccc([N+](=O)[O-])c1)=NC2. The summed E-state index contributed by atoms with van der Waals surface area (Å²) in [4.78, 5) is 28.0. The fourth-order valence-corrected chi connectivity index (χ4v) is 3.49. The van der Waals surface area contributed by atoms with Gasteiger partial charge in [0.05, 0.1) is 22.9 Å². The molecule has 0 saturated heterocycles. The van der Waals surface area contributed by atoms with Crippen LogP contribution in [0, 0.1) is 10.1 Å². The van der Waals surface area contributed by atoms with Gasteiger partial charge in [-0.05, 0) is 24.6 Å². The molecule has 158 valence electrons. The van der Waals surface area contributed by atoms with Crippen molar-refractivity contribution in [2.24, 2.45) is 4.99 Å². The van der Waals surface area contributed by atoms with Crippen LogP contribution in [0.4, 0.5) is 5.69 Å². The van der Waals surface area contributed by atoms with Crippen molar-refractivity contribution in [2.45, 2.75) is 26.3 Å². The zero-order valence-electron chi connectivity index (χ0n) is 16.6. The molecule has 0 unspecified atom stereocenters. The molecular formula is C21H18ClN5O4. The van der Waals surface area contributed by atoms with Crippen molar-refractivity contribution >= 4 is 29.0 Å². The molecule has 0 atom stereocenters. The van der Waals surface area contributed by atoms with Gasteiger partial charge in [-0.1, -0.05) is 37.1 Å². The number of aliphatic imine (C=N–C) groups is 1. The van der Waals surface area contributed by atoms with Gasteiger partial charge >= 0.3 is 5.97 Å². The van der Waals surface area contributed by atoms with Crippen molar-refractivity contribution in [3.05, 3.63) is 80.4 Å². The summed E-state index contributed by atoms with van der Waals surface area (Å²) >= 11 is 6.26. The van der Waals surface area contributed by atoms with Crippen LogP contribution in [-0.2, 0) is 11.3 Å². The molecule has 4 rings (SSSR count). The highest BCUT2D eigenvalue weighted by Gasteiger charge is 2.27. The first-order chi connectivity index (χ1) is 15.0. The summed E-state index contributed by atoms with van der Waals surface area (Å²) in [5, 5.41) is 19.8. The molecule has 9 nitrogen and oxygen atoms in total. The third kappa shape index (κ3) is 4.04. The minimum atomic E-state index is -0.577. The number of carbonyl (C=O) groups excluding carboxylic acids is 1. The van der Waals surface area contributed by atoms with Gasteiger partial charge in [0.25, 0.3) is 5.69 Å². The summed E-state index contributed by atoms with van der Waals surface area (Å²) in [6, 6.07) is 11.3. The topological polar surface area (TPSA) is 113 Å². The molecule has 0 amide bonds. The number of carbonyl (C=O) groups is 1. The van der Waals surface area contributed by atoms with E-state index in [1.807, 2.05) is 6.92 Å². The van der Waals surface area contributed by atoms with Gasteiger partial charge in [-0.25, -0.2) is 4.79 Å². The van der Waals surface area contributed by atoms with E-state index in [9.17, 15) is 14.9 Å². The van der Waals surface area contributed by atoms with Crippen molar-refractivity contribution in [1.82, 2.24) is 14.8 Å². The standard InChI is InChI=1S/C21H18ClN5O4/c1-2-3-9-31-21(28)20-25-24-18-12-23-19(13-5-4-6-15(10-13)27(29)30)16-11-14(22)7-8-17(16)26(18)20/h4-8,10-11H,2-3,9,12H2,1H3. The van der Waals surface area contributed by atoms with Gasteiger partial charge in [0.2, 0.25) is 5.82 Å². The van der Waals surface area contributed by atoms with Crippen molar-refractivity contribution in [3.8, 4) is 5.69 Å². The summed E-state index contributed by atoms with van der Waals surface area (Å²) in [6.45, 7) is 2.42. The Morgan fingerprint density at radius 2 is 2.10 bits per heavy atom. The lowest BCUT2D eigenvalue weighted by Gasteiger charge is -2.13. The first kappa shape index (κ1) is 20.7. The minimum absolute atomic E-state index is 0.0465. The predicted octanol–water partition coefficient (Wildman–Crippen LogP) is 4.14. The van der Waals surface area contributed by atoms with Crippen molar-refractivity contribution < 1.29 is 14.5 Å². The molecule has 0 radical (unpaired) electrons. The molecule has 31 heavy (non-hydrogen) atoms. The average Bonchev–Trinajstić information content (AvgIpc) is 3.11. The summed E-state index contributed by atoms with van der Waals surface area (Å²) in [5.74, 6) is -0.0801. The average molecular weight is 440 g/mol. The highest BCUT2D eigenvalue weighted by Crippen LogP contribution is 2.29. The Bertz CT molecular complexity index is 1200. The van der Waals surface area contributed by atoms with Crippen LogP contribution in [0.3, 0.4) is 0 Å². The Morgan fingerprint density at radius 1 is 1.26 bits per heavy atom. The van der Waals surface area contributed by atoms with E-state index in [0.29, 0.717) is 40.0 Å². The molecule has 2 heterocycles. The van der Waals surface area contributed by atoms with Gasteiger partial charge < -0.3 is 4.74 Å². The number of halogens is 1. The van der Waals surface area contributed by atoms with Gasteiger partial charge in [-0.15, -0.1) is 10.2 Å². The normalized spacial score (nSPS) is 12.4. The fraction of sp³-hybridized carbons (Fsp3) is 0.238. The monoisotopic (exact) mass is 439 g/mol. The van der Waals surface area contributed by atoms with Gasteiger partial charge in [0, 0.05) is 28.3 Å². The van der Waals surface area contributed by atoms with Gasteiger partial charge in [0.15, 0.2) is 5.82 Å². The number of unbranched alkanes of at least 4 members (excludes halogenated alkanes) is 1. The Kier molecular flexibility index (Phi) is 5.77. The summed E-state index contributed by atoms with van der Waals surface area (Å²) in [5.41, 5.74) is 2.22. The lowest BCUT2D eigenvalue weighted by molar-refractivity contribution is -0.384. The van der Waals surface area contributed by atoms with E-state index in [2.05, 4.69) is 15.2 Å². The number of aromatic nitrogens is 3. The third-order valence-electron chi connectivity index (χ3n) is 4.81. The summed E-state index contributed by atoms with van der Waals surface area (Å²) in [6.07, 6.45) is 1.64. The first-order valence-corrected chi connectivity index (χ1v) is 10.1. The molecule has 10 heteroatoms. The molecule has 1 aromatic heterocycles. The van der Waals surface area contributed by atoms with Crippen LogP contribution in [0.15, 0.2) is 47.5 Å². The van der Waals surface area contributed by atoms with Gasteiger partial charge in [-0.3, -0.25) is 19.7 Å². The van der Waals surface area contributed by atoms with E-state index in [0.717, 1.165) is 12.8 Å². The minimum Gasteiger partial charge on any atom is -0.460 e. The molecule has 0 spiro atoms. The molecule has 0 aliphatic carbocycles. The number of nitro benzene ring substituents is 1. The maximum absolute atomic E-state index is 12.6. The second-order valence-corrected chi connectivity index (χ2v) is 7.33. The number of fused-ring (bicyclic) bond motifs is 3. The molecule has 3 aromatic rings. The van der Waals surface area contributed by atoms with E-state index in [4.69, 9.17) is 16.3 Å². The highest BCUT2D eigenvalue weighted by atomic mass is 35.5. The molecule has 0 fully saturated rings. The number of nitrogens with zero attached hydrogens (tertiary/aromatic N) is 5. The molecule has 0 bridgehead atoms. The number of rotatable bonds is 6. The second kappa shape index (κ2) is 8.65. The lowest BCUT2D eigenvalue weighted by Crippen LogP contribution is -2.16. The molecule has 0 N–H and O–H groups in total. The summed E-state index contributed by atoms with van der Waals surface area (Å²) in [7, 11) is 0. The molecule has 2 aromatic carbocycles. The Balaban J connectivity index is 1.83. The number of hydrogen-bond donors (Lipinski definition) is 0. The number of benzene rings is 2. The van der Waals surface area contributed by atoms with Crippen molar-refractivity contribution in [2.75, 3.05) is 6.61 Å². The Labute approximate surface area is 182 Å². The van der Waals surface area contributed by atoms with Crippen molar-refractivity contribution in [1.29, 1.82) is 0 Å². The largest absolute Gasteiger partial charge is 0.460 e. The molecule has 1 aliphatic rings. The van der Waals surface area contributed by atoms with E-state index >= 15 is 0 Å².